The molecule has 0 saturated carbocycles. The second-order valence-electron chi connectivity index (χ2n) is 4.88. The number of rotatable bonds is 3. The van der Waals surface area contributed by atoms with Gasteiger partial charge in [-0.3, -0.25) is 14.9 Å². The third-order valence-corrected chi connectivity index (χ3v) is 2.92. The molecule has 92 valence electrons. The smallest absolute Gasteiger partial charge is 0.273 e. The zero-order valence-corrected chi connectivity index (χ0v) is 11.6. The Bertz CT molecular complexity index is 463. The summed E-state index contributed by atoms with van der Waals surface area (Å²) in [5, 5.41) is 10.8. The first-order valence-electron chi connectivity index (χ1n) is 5.18. The van der Waals surface area contributed by atoms with Crippen molar-refractivity contribution in [3.8, 4) is 0 Å². The zero-order chi connectivity index (χ0) is 13.2. The highest BCUT2D eigenvalue weighted by atomic mass is 79.9. The highest BCUT2D eigenvalue weighted by Gasteiger charge is 2.24. The van der Waals surface area contributed by atoms with E-state index in [1.807, 2.05) is 0 Å². The molecule has 0 bridgehead atoms. The quantitative estimate of drug-likeness (QED) is 0.634. The molecule has 0 amide bonds. The molecular weight excluding hydrogens is 286 g/mol. The Morgan fingerprint density at radius 1 is 1.41 bits per heavy atom. The topological polar surface area (TPSA) is 60.2 Å². The van der Waals surface area contributed by atoms with Crippen LogP contribution in [0.4, 0.5) is 5.69 Å². The van der Waals surface area contributed by atoms with Crippen LogP contribution in [-0.4, -0.2) is 10.7 Å². The van der Waals surface area contributed by atoms with Gasteiger partial charge in [0.15, 0.2) is 0 Å². The molecule has 0 N–H and O–H groups in total. The average molecular weight is 300 g/mol. The summed E-state index contributed by atoms with van der Waals surface area (Å²) in [7, 11) is 0. The summed E-state index contributed by atoms with van der Waals surface area (Å²) < 4.78 is 0.736. The van der Waals surface area contributed by atoms with Crippen LogP contribution < -0.4 is 0 Å². The van der Waals surface area contributed by atoms with Crippen LogP contribution in [0.5, 0.6) is 0 Å². The number of nitrogens with zero attached hydrogens (tertiary/aromatic N) is 1. The molecule has 0 fully saturated rings. The number of hydrogen-bond donors (Lipinski definition) is 0. The third kappa shape index (κ3) is 3.63. The molecule has 0 aliphatic rings. The van der Waals surface area contributed by atoms with Gasteiger partial charge in [0.05, 0.1) is 4.92 Å². The molecule has 0 heterocycles. The van der Waals surface area contributed by atoms with E-state index in [-0.39, 0.29) is 17.9 Å². The maximum Gasteiger partial charge on any atom is 0.273 e. The first kappa shape index (κ1) is 13.8. The Hall–Kier alpha value is -1.23. The van der Waals surface area contributed by atoms with Gasteiger partial charge in [-0.1, -0.05) is 36.7 Å². The summed E-state index contributed by atoms with van der Waals surface area (Å²) in [4.78, 5) is 22.3. The predicted molar refractivity (Wildman–Crippen MR) is 69.0 cm³/mol. The molecule has 0 atom stereocenters. The lowest BCUT2D eigenvalue weighted by molar-refractivity contribution is -0.385. The predicted octanol–water partition coefficient (Wildman–Crippen LogP) is 3.52. The van der Waals surface area contributed by atoms with Crippen LogP contribution in [0.15, 0.2) is 22.7 Å². The summed E-state index contributed by atoms with van der Waals surface area (Å²) in [5.74, 6) is -0.0151. The van der Waals surface area contributed by atoms with Crippen molar-refractivity contribution >= 4 is 27.4 Å². The Labute approximate surface area is 108 Å². The minimum absolute atomic E-state index is 0.00852. The van der Waals surface area contributed by atoms with E-state index in [0.717, 1.165) is 4.47 Å². The van der Waals surface area contributed by atoms with E-state index in [4.69, 9.17) is 0 Å². The summed E-state index contributed by atoms with van der Waals surface area (Å²) in [5.41, 5.74) is -0.0500. The van der Waals surface area contributed by atoms with Crippen molar-refractivity contribution < 1.29 is 9.72 Å². The molecular formula is C12H14BrNO3. The fourth-order valence-corrected chi connectivity index (χ4v) is 1.72. The van der Waals surface area contributed by atoms with Gasteiger partial charge in [-0.05, 0) is 12.1 Å². The molecule has 5 heteroatoms. The van der Waals surface area contributed by atoms with Crippen LogP contribution >= 0.6 is 15.9 Å². The number of ketones is 1. The maximum atomic E-state index is 11.9. The Morgan fingerprint density at radius 2 is 2.00 bits per heavy atom. The molecule has 0 spiro atoms. The van der Waals surface area contributed by atoms with Gasteiger partial charge in [0.25, 0.3) is 5.69 Å². The number of hydrogen-bond acceptors (Lipinski definition) is 3. The molecule has 1 aromatic rings. The minimum Gasteiger partial charge on any atom is -0.299 e. The fraction of sp³-hybridized carbons (Fsp3) is 0.417. The van der Waals surface area contributed by atoms with Crippen LogP contribution in [0.2, 0.25) is 0 Å². The lowest BCUT2D eigenvalue weighted by Gasteiger charge is -2.16. The van der Waals surface area contributed by atoms with Gasteiger partial charge in [-0.2, -0.15) is 0 Å². The van der Waals surface area contributed by atoms with Crippen molar-refractivity contribution in [3.63, 3.8) is 0 Å². The van der Waals surface area contributed by atoms with E-state index >= 15 is 0 Å². The summed E-state index contributed by atoms with van der Waals surface area (Å²) >= 11 is 3.25. The van der Waals surface area contributed by atoms with Crippen LogP contribution in [0, 0.1) is 15.5 Å². The molecule has 4 nitrogen and oxygen atoms in total. The van der Waals surface area contributed by atoms with Crippen molar-refractivity contribution in [3.05, 3.63) is 38.3 Å². The van der Waals surface area contributed by atoms with Gasteiger partial charge in [0.2, 0.25) is 0 Å². The highest BCUT2D eigenvalue weighted by molar-refractivity contribution is 9.10. The number of halogens is 1. The molecule has 0 aliphatic carbocycles. The van der Waals surface area contributed by atoms with E-state index in [1.54, 1.807) is 32.9 Å². The van der Waals surface area contributed by atoms with E-state index in [9.17, 15) is 14.9 Å². The molecule has 0 aliphatic heterocycles. The standard InChI is InChI=1S/C12H14BrNO3/c1-12(2,3)11(15)7-8-6-9(13)4-5-10(8)14(16)17/h4-6H,7H2,1-3H3. The highest BCUT2D eigenvalue weighted by Crippen LogP contribution is 2.26. The number of benzene rings is 1. The molecule has 17 heavy (non-hydrogen) atoms. The maximum absolute atomic E-state index is 11.9. The van der Waals surface area contributed by atoms with Gasteiger partial charge in [-0.15, -0.1) is 0 Å². The number of nitro groups is 1. The molecule has 0 radical (unpaired) electrons. The fourth-order valence-electron chi connectivity index (χ4n) is 1.31. The molecule has 0 aromatic heterocycles. The summed E-state index contributed by atoms with van der Waals surface area (Å²) in [6.07, 6.45) is 0.0826. The van der Waals surface area contributed by atoms with E-state index in [0.29, 0.717) is 5.56 Å². The third-order valence-electron chi connectivity index (χ3n) is 2.43. The number of Topliss-reactive ketones (excluding diaryl/α,β-unsaturated/α-hetero) is 1. The SMILES string of the molecule is CC(C)(C)C(=O)Cc1cc(Br)ccc1[N+](=O)[O-]. The lowest BCUT2D eigenvalue weighted by Crippen LogP contribution is -2.22. The molecule has 0 saturated heterocycles. The van der Waals surface area contributed by atoms with Crippen molar-refractivity contribution in [2.24, 2.45) is 5.41 Å². The molecule has 1 aromatic carbocycles. The number of carbonyl (C=O) groups excluding carboxylic acids is 1. The largest absolute Gasteiger partial charge is 0.299 e. The van der Waals surface area contributed by atoms with Gasteiger partial charge in [0.1, 0.15) is 5.78 Å². The van der Waals surface area contributed by atoms with E-state index < -0.39 is 10.3 Å². The Kier molecular flexibility index (Phi) is 4.03. The van der Waals surface area contributed by atoms with E-state index in [2.05, 4.69) is 15.9 Å². The van der Waals surface area contributed by atoms with Crippen LogP contribution in [0.1, 0.15) is 26.3 Å². The normalized spacial score (nSPS) is 11.3. The van der Waals surface area contributed by atoms with Gasteiger partial charge in [0, 0.05) is 27.9 Å². The van der Waals surface area contributed by atoms with Gasteiger partial charge in [-0.25, -0.2) is 0 Å². The van der Waals surface area contributed by atoms with Crippen molar-refractivity contribution in [2.75, 3.05) is 0 Å². The van der Waals surface area contributed by atoms with Crippen LogP contribution in [-0.2, 0) is 11.2 Å². The summed E-state index contributed by atoms with van der Waals surface area (Å²) in [6, 6.07) is 4.64. The van der Waals surface area contributed by atoms with Gasteiger partial charge < -0.3 is 0 Å². The van der Waals surface area contributed by atoms with E-state index in [1.165, 1.54) is 6.07 Å². The van der Waals surface area contributed by atoms with Crippen molar-refractivity contribution in [1.82, 2.24) is 0 Å². The first-order chi connectivity index (χ1) is 7.71. The number of nitro benzene ring substituents is 1. The number of carbonyl (C=O) groups is 1. The van der Waals surface area contributed by atoms with Crippen molar-refractivity contribution in [2.45, 2.75) is 27.2 Å². The van der Waals surface area contributed by atoms with Crippen molar-refractivity contribution in [1.29, 1.82) is 0 Å². The zero-order valence-electron chi connectivity index (χ0n) is 9.99. The minimum atomic E-state index is -0.490. The summed E-state index contributed by atoms with van der Waals surface area (Å²) in [6.45, 7) is 5.41. The van der Waals surface area contributed by atoms with Crippen LogP contribution in [0.25, 0.3) is 0 Å². The Balaban J connectivity index is 3.09. The first-order valence-corrected chi connectivity index (χ1v) is 5.97. The van der Waals surface area contributed by atoms with Gasteiger partial charge >= 0.3 is 0 Å². The second kappa shape index (κ2) is 4.96. The van der Waals surface area contributed by atoms with Crippen LogP contribution in [0.3, 0.4) is 0 Å². The monoisotopic (exact) mass is 299 g/mol. The lowest BCUT2D eigenvalue weighted by atomic mass is 9.87. The Morgan fingerprint density at radius 3 is 2.47 bits per heavy atom. The molecule has 0 unspecified atom stereocenters. The second-order valence-corrected chi connectivity index (χ2v) is 5.80. The molecule has 1 rings (SSSR count). The average Bonchev–Trinajstić information content (AvgIpc) is 2.15.